The molecule has 0 aromatic heterocycles. The Kier molecular flexibility index (Phi) is 4.90. The molecule has 1 unspecified atom stereocenters. The lowest BCUT2D eigenvalue weighted by molar-refractivity contribution is 0.600. The summed E-state index contributed by atoms with van der Waals surface area (Å²) in [6, 6.07) is 4.86. The van der Waals surface area contributed by atoms with E-state index in [2.05, 4.69) is 22.9 Å². The van der Waals surface area contributed by atoms with Crippen LogP contribution in [-0.4, -0.2) is 4.83 Å². The van der Waals surface area contributed by atoms with Gasteiger partial charge in [0.1, 0.15) is 5.82 Å². The van der Waals surface area contributed by atoms with Crippen LogP contribution in [0.2, 0.25) is 5.02 Å². The zero-order chi connectivity index (χ0) is 10.6. The van der Waals surface area contributed by atoms with E-state index in [1.807, 2.05) is 0 Å². The number of aryl methyl sites for hydroxylation is 1. The lowest BCUT2D eigenvalue weighted by Gasteiger charge is -2.04. The monoisotopic (exact) mass is 278 g/mol. The molecule has 0 aliphatic rings. The van der Waals surface area contributed by atoms with E-state index in [0.717, 1.165) is 24.8 Å². The highest BCUT2D eigenvalue weighted by atomic mass is 79.9. The molecule has 14 heavy (non-hydrogen) atoms. The number of hydrogen-bond acceptors (Lipinski definition) is 0. The molecule has 0 spiro atoms. The molecule has 1 atom stereocenters. The van der Waals surface area contributed by atoms with E-state index in [1.165, 1.54) is 6.07 Å². The fraction of sp³-hybridized carbons (Fsp3) is 0.455. The number of rotatable bonds is 4. The van der Waals surface area contributed by atoms with E-state index < -0.39 is 0 Å². The largest absolute Gasteiger partial charge is 0.207 e. The summed E-state index contributed by atoms with van der Waals surface area (Å²) in [7, 11) is 0. The second-order valence-corrected chi connectivity index (χ2v) is 5.41. The van der Waals surface area contributed by atoms with Crippen molar-refractivity contribution in [3.63, 3.8) is 0 Å². The standard InChI is InChI=1S/C11H13BrClF/c1-8(12)3-2-4-9-5-6-10(13)7-11(9)14/h5-8H,2-4H2,1H3. The summed E-state index contributed by atoms with van der Waals surface area (Å²) in [6.45, 7) is 2.10. The van der Waals surface area contributed by atoms with Crippen LogP contribution < -0.4 is 0 Å². The first kappa shape index (κ1) is 12.0. The van der Waals surface area contributed by atoms with Gasteiger partial charge in [-0.25, -0.2) is 4.39 Å². The van der Waals surface area contributed by atoms with E-state index in [4.69, 9.17) is 11.6 Å². The summed E-state index contributed by atoms with van der Waals surface area (Å²) >= 11 is 9.12. The lowest BCUT2D eigenvalue weighted by Crippen LogP contribution is -1.95. The molecular formula is C11H13BrClF. The zero-order valence-corrected chi connectivity index (χ0v) is 10.4. The quantitative estimate of drug-likeness (QED) is 0.707. The maximum Gasteiger partial charge on any atom is 0.127 e. The molecule has 3 heteroatoms. The summed E-state index contributed by atoms with van der Waals surface area (Å²) in [6.07, 6.45) is 2.83. The minimum absolute atomic E-state index is 0.195. The number of hydrogen-bond donors (Lipinski definition) is 0. The van der Waals surface area contributed by atoms with Gasteiger partial charge in [-0.3, -0.25) is 0 Å². The van der Waals surface area contributed by atoms with E-state index in [-0.39, 0.29) is 5.82 Å². The maximum atomic E-state index is 13.3. The fourth-order valence-corrected chi connectivity index (χ4v) is 1.78. The van der Waals surface area contributed by atoms with Crippen LogP contribution in [-0.2, 0) is 6.42 Å². The molecule has 0 heterocycles. The summed E-state index contributed by atoms with van der Waals surface area (Å²) in [4.78, 5) is 0.498. The van der Waals surface area contributed by atoms with Crippen molar-refractivity contribution in [1.82, 2.24) is 0 Å². The predicted octanol–water partition coefficient (Wildman–Crippen LogP) is 4.59. The molecule has 0 radical (unpaired) electrons. The average Bonchev–Trinajstić information content (AvgIpc) is 2.08. The van der Waals surface area contributed by atoms with Crippen molar-refractivity contribution in [2.45, 2.75) is 31.0 Å². The van der Waals surface area contributed by atoms with Gasteiger partial charge in [0.15, 0.2) is 0 Å². The lowest BCUT2D eigenvalue weighted by atomic mass is 10.1. The second-order valence-electron chi connectivity index (χ2n) is 3.41. The molecule has 0 saturated heterocycles. The van der Waals surface area contributed by atoms with Crippen LogP contribution in [0.4, 0.5) is 4.39 Å². The molecule has 0 nitrogen and oxygen atoms in total. The fourth-order valence-electron chi connectivity index (χ4n) is 1.30. The van der Waals surface area contributed by atoms with E-state index in [0.29, 0.717) is 9.85 Å². The molecule has 0 N–H and O–H groups in total. The van der Waals surface area contributed by atoms with Crippen LogP contribution in [0.3, 0.4) is 0 Å². The highest BCUT2D eigenvalue weighted by Crippen LogP contribution is 2.17. The van der Waals surface area contributed by atoms with Gasteiger partial charge in [-0.05, 0) is 37.0 Å². The van der Waals surface area contributed by atoms with Gasteiger partial charge in [0, 0.05) is 9.85 Å². The third-order valence-electron chi connectivity index (χ3n) is 2.06. The van der Waals surface area contributed by atoms with Gasteiger partial charge in [-0.15, -0.1) is 0 Å². The number of alkyl halides is 1. The normalized spacial score (nSPS) is 12.9. The Hall–Kier alpha value is -0.0800. The number of halogens is 3. The van der Waals surface area contributed by atoms with Gasteiger partial charge in [0.25, 0.3) is 0 Å². The van der Waals surface area contributed by atoms with Gasteiger partial charge in [0.2, 0.25) is 0 Å². The van der Waals surface area contributed by atoms with E-state index in [9.17, 15) is 4.39 Å². The Morgan fingerprint density at radius 2 is 2.21 bits per heavy atom. The topological polar surface area (TPSA) is 0 Å². The van der Waals surface area contributed by atoms with Crippen LogP contribution in [0.5, 0.6) is 0 Å². The Morgan fingerprint density at radius 3 is 2.79 bits per heavy atom. The van der Waals surface area contributed by atoms with Crippen molar-refractivity contribution < 1.29 is 4.39 Å². The molecule has 0 bridgehead atoms. The molecule has 78 valence electrons. The van der Waals surface area contributed by atoms with Crippen molar-refractivity contribution in [1.29, 1.82) is 0 Å². The maximum absolute atomic E-state index is 13.3. The Balaban J connectivity index is 2.51. The third kappa shape index (κ3) is 3.97. The van der Waals surface area contributed by atoms with Gasteiger partial charge >= 0.3 is 0 Å². The summed E-state index contributed by atoms with van der Waals surface area (Å²) in [5, 5.41) is 0.458. The Morgan fingerprint density at radius 1 is 1.50 bits per heavy atom. The highest BCUT2D eigenvalue weighted by Gasteiger charge is 2.03. The third-order valence-corrected chi connectivity index (χ3v) is 2.76. The van der Waals surface area contributed by atoms with Gasteiger partial charge in [-0.2, -0.15) is 0 Å². The minimum Gasteiger partial charge on any atom is -0.207 e. The van der Waals surface area contributed by atoms with Crippen LogP contribution in [0.1, 0.15) is 25.3 Å². The Bertz CT molecular complexity index is 299. The van der Waals surface area contributed by atoms with E-state index in [1.54, 1.807) is 12.1 Å². The SMILES string of the molecule is CC(Br)CCCc1ccc(Cl)cc1F. The molecular weight excluding hydrogens is 266 g/mol. The van der Waals surface area contributed by atoms with Crippen LogP contribution in [0.25, 0.3) is 0 Å². The number of benzene rings is 1. The summed E-state index contributed by atoms with van der Waals surface area (Å²) in [5.41, 5.74) is 0.752. The first-order chi connectivity index (χ1) is 6.59. The molecule has 0 saturated carbocycles. The molecule has 1 aromatic carbocycles. The van der Waals surface area contributed by atoms with Crippen molar-refractivity contribution in [3.05, 3.63) is 34.6 Å². The zero-order valence-electron chi connectivity index (χ0n) is 8.06. The predicted molar refractivity (Wildman–Crippen MR) is 62.7 cm³/mol. The molecule has 0 amide bonds. The molecule has 1 rings (SSSR count). The molecule has 0 aliphatic carbocycles. The van der Waals surface area contributed by atoms with Gasteiger partial charge in [0.05, 0.1) is 0 Å². The average molecular weight is 280 g/mol. The van der Waals surface area contributed by atoms with E-state index >= 15 is 0 Å². The molecule has 1 aromatic rings. The van der Waals surface area contributed by atoms with Gasteiger partial charge < -0.3 is 0 Å². The smallest absolute Gasteiger partial charge is 0.127 e. The molecule has 0 aliphatic heterocycles. The first-order valence-electron chi connectivity index (χ1n) is 4.67. The highest BCUT2D eigenvalue weighted by molar-refractivity contribution is 9.09. The van der Waals surface area contributed by atoms with Crippen molar-refractivity contribution in [2.24, 2.45) is 0 Å². The summed E-state index contributed by atoms with van der Waals surface area (Å²) in [5.74, 6) is -0.195. The van der Waals surface area contributed by atoms with Crippen LogP contribution >= 0.6 is 27.5 Å². The molecule has 0 fully saturated rings. The van der Waals surface area contributed by atoms with Crippen molar-refractivity contribution in [3.8, 4) is 0 Å². The summed E-state index contributed by atoms with van der Waals surface area (Å²) < 4.78 is 13.3. The van der Waals surface area contributed by atoms with Gasteiger partial charge in [-0.1, -0.05) is 40.5 Å². The Labute approximate surface area is 97.6 Å². The second kappa shape index (κ2) is 5.72. The first-order valence-corrected chi connectivity index (χ1v) is 5.97. The van der Waals surface area contributed by atoms with Crippen LogP contribution in [0.15, 0.2) is 18.2 Å². The van der Waals surface area contributed by atoms with Crippen molar-refractivity contribution in [2.75, 3.05) is 0 Å². The van der Waals surface area contributed by atoms with Crippen LogP contribution in [0, 0.1) is 5.82 Å². The minimum atomic E-state index is -0.195. The van der Waals surface area contributed by atoms with Crippen molar-refractivity contribution >= 4 is 27.5 Å².